The lowest BCUT2D eigenvalue weighted by Gasteiger charge is -2.35. The summed E-state index contributed by atoms with van der Waals surface area (Å²) >= 11 is 0. The minimum atomic E-state index is -3.31. The molecule has 1 amide bonds. The number of benzene rings is 2. The number of nitriles is 1. The summed E-state index contributed by atoms with van der Waals surface area (Å²) < 4.78 is 47.9. The quantitative estimate of drug-likeness (QED) is 0.646. The van der Waals surface area contributed by atoms with Crippen LogP contribution < -0.4 is 5.32 Å². The Balaban J connectivity index is 2.29. The number of amides is 1. The molecule has 0 saturated heterocycles. The first-order valence-corrected chi connectivity index (χ1v) is 9.70. The molecule has 1 aliphatic rings. The van der Waals surface area contributed by atoms with Gasteiger partial charge in [0.05, 0.1) is 23.6 Å². The van der Waals surface area contributed by atoms with Crippen LogP contribution in [0.25, 0.3) is 0 Å². The number of hydrogen-bond acceptors (Lipinski definition) is 4. The summed E-state index contributed by atoms with van der Waals surface area (Å²) in [4.78, 5) is 16.1. The summed E-state index contributed by atoms with van der Waals surface area (Å²) in [6.07, 6.45) is 6.42. The van der Waals surface area contributed by atoms with Gasteiger partial charge in [0.25, 0.3) is 5.92 Å². The van der Waals surface area contributed by atoms with Crippen LogP contribution in [0.4, 0.5) is 13.2 Å². The number of halogens is 3. The summed E-state index contributed by atoms with van der Waals surface area (Å²) in [6.45, 7) is 0.820. The lowest BCUT2D eigenvalue weighted by molar-refractivity contribution is -0.111. The van der Waals surface area contributed by atoms with Crippen molar-refractivity contribution in [2.75, 3.05) is 6.61 Å². The van der Waals surface area contributed by atoms with E-state index in [0.29, 0.717) is 24.5 Å². The van der Waals surface area contributed by atoms with E-state index in [1.54, 1.807) is 36.4 Å². The maximum Gasteiger partial charge on any atom is 0.270 e. The second-order valence-corrected chi connectivity index (χ2v) is 7.30. The highest BCUT2D eigenvalue weighted by Crippen LogP contribution is 2.38. The molecule has 1 aliphatic heterocycles. The Kier molecular flexibility index (Phi) is 6.79. The number of aliphatic imine (C=N–C) groups is 1. The molecule has 0 saturated carbocycles. The maximum atomic E-state index is 14.5. The SMILES string of the molecule is CC(F)(F)c1cc(F)cc([C@](Cc2cccc(C#N)c2)(NC=O)/C2=C/C=C/OCC=N2)c1. The van der Waals surface area contributed by atoms with E-state index in [4.69, 9.17) is 4.74 Å². The van der Waals surface area contributed by atoms with E-state index in [2.05, 4.69) is 10.3 Å². The fourth-order valence-corrected chi connectivity index (χ4v) is 3.51. The summed E-state index contributed by atoms with van der Waals surface area (Å²) in [5.74, 6) is -4.19. The fraction of sp³-hybridized carbons (Fsp3) is 0.208. The van der Waals surface area contributed by atoms with Crippen molar-refractivity contribution in [3.63, 3.8) is 0 Å². The van der Waals surface area contributed by atoms with Gasteiger partial charge in [-0.05, 0) is 53.6 Å². The van der Waals surface area contributed by atoms with Gasteiger partial charge in [-0.2, -0.15) is 5.26 Å². The molecule has 2 aromatic carbocycles. The lowest BCUT2D eigenvalue weighted by Crippen LogP contribution is -2.45. The molecule has 32 heavy (non-hydrogen) atoms. The number of carbonyl (C=O) groups is 1. The van der Waals surface area contributed by atoms with Gasteiger partial charge in [-0.15, -0.1) is 0 Å². The van der Waals surface area contributed by atoms with Gasteiger partial charge < -0.3 is 10.1 Å². The first-order chi connectivity index (χ1) is 15.3. The Morgan fingerprint density at radius 3 is 2.75 bits per heavy atom. The average molecular weight is 439 g/mol. The maximum absolute atomic E-state index is 14.5. The zero-order chi connectivity index (χ0) is 23.2. The monoisotopic (exact) mass is 439 g/mol. The molecule has 0 fully saturated rings. The van der Waals surface area contributed by atoms with Gasteiger partial charge in [0.1, 0.15) is 18.0 Å². The van der Waals surface area contributed by atoms with Gasteiger partial charge in [-0.25, -0.2) is 13.2 Å². The van der Waals surface area contributed by atoms with Gasteiger partial charge in [0.15, 0.2) is 0 Å². The first-order valence-electron chi connectivity index (χ1n) is 9.70. The Bertz CT molecular complexity index is 1130. The molecule has 0 bridgehead atoms. The van der Waals surface area contributed by atoms with Crippen molar-refractivity contribution in [1.29, 1.82) is 5.26 Å². The number of alkyl halides is 2. The zero-order valence-corrected chi connectivity index (χ0v) is 17.2. The third kappa shape index (κ3) is 5.06. The van der Waals surface area contributed by atoms with Crippen LogP contribution in [0.3, 0.4) is 0 Å². The zero-order valence-electron chi connectivity index (χ0n) is 17.2. The highest BCUT2D eigenvalue weighted by molar-refractivity contribution is 5.63. The van der Waals surface area contributed by atoms with E-state index in [1.165, 1.54) is 12.5 Å². The minimum absolute atomic E-state index is 0.0251. The Morgan fingerprint density at radius 1 is 1.25 bits per heavy atom. The van der Waals surface area contributed by atoms with E-state index < -0.39 is 22.8 Å². The lowest BCUT2D eigenvalue weighted by atomic mass is 9.79. The Hall–Kier alpha value is -3.86. The smallest absolute Gasteiger partial charge is 0.270 e. The van der Waals surface area contributed by atoms with E-state index in [1.807, 2.05) is 6.07 Å². The molecule has 1 atom stereocenters. The van der Waals surface area contributed by atoms with Crippen LogP contribution in [0.1, 0.15) is 29.2 Å². The van der Waals surface area contributed by atoms with E-state index in [9.17, 15) is 23.2 Å². The second kappa shape index (κ2) is 9.52. The fourth-order valence-electron chi connectivity index (χ4n) is 3.51. The van der Waals surface area contributed by atoms with Crippen molar-refractivity contribution < 1.29 is 22.7 Å². The van der Waals surface area contributed by atoms with Crippen molar-refractivity contribution in [2.24, 2.45) is 4.99 Å². The van der Waals surface area contributed by atoms with Crippen LogP contribution in [0, 0.1) is 17.1 Å². The second-order valence-electron chi connectivity index (χ2n) is 7.30. The average Bonchev–Trinajstić information content (AvgIpc) is 2.72. The largest absolute Gasteiger partial charge is 0.496 e. The topological polar surface area (TPSA) is 74.5 Å². The third-order valence-corrected chi connectivity index (χ3v) is 5.00. The molecule has 0 spiro atoms. The van der Waals surface area contributed by atoms with E-state index >= 15 is 0 Å². The highest BCUT2D eigenvalue weighted by Gasteiger charge is 2.39. The molecule has 8 heteroatoms. The minimum Gasteiger partial charge on any atom is -0.496 e. The number of allylic oxidation sites excluding steroid dienone is 2. The molecule has 0 radical (unpaired) electrons. The third-order valence-electron chi connectivity index (χ3n) is 5.00. The van der Waals surface area contributed by atoms with Crippen LogP contribution in [-0.2, 0) is 27.4 Å². The van der Waals surface area contributed by atoms with E-state index in [0.717, 1.165) is 18.2 Å². The standard InChI is InChI=1S/C24H20F3N3O2/c1-23(26,27)19-11-20(13-21(25)12-19)24(30-16-31,22-6-3-8-32-9-7-29-22)14-17-4-2-5-18(10-17)15-28/h2-8,10-13,16H,9,14H2,1H3,(H,30,31)/b8-3+,22-6-,29-7?/t24-/m0/s1. The number of ether oxygens (including phenoxy) is 1. The molecular formula is C24H20F3N3O2. The van der Waals surface area contributed by atoms with Crippen LogP contribution in [0.5, 0.6) is 0 Å². The summed E-state index contributed by atoms with van der Waals surface area (Å²) in [5, 5.41) is 11.9. The van der Waals surface area contributed by atoms with Crippen molar-refractivity contribution in [1.82, 2.24) is 5.32 Å². The predicted octanol–water partition coefficient (Wildman–Crippen LogP) is 4.49. The Morgan fingerprint density at radius 2 is 2.03 bits per heavy atom. The Labute approximate surface area is 183 Å². The molecule has 2 aromatic rings. The van der Waals surface area contributed by atoms with Crippen molar-refractivity contribution in [3.8, 4) is 6.07 Å². The number of rotatable bonds is 7. The molecule has 3 rings (SSSR count). The molecule has 5 nitrogen and oxygen atoms in total. The first kappa shape index (κ1) is 22.8. The number of nitrogens with one attached hydrogen (secondary N) is 1. The summed E-state index contributed by atoms with van der Waals surface area (Å²) in [7, 11) is 0. The van der Waals surface area contributed by atoms with Gasteiger partial charge in [-0.3, -0.25) is 9.79 Å². The molecule has 164 valence electrons. The normalized spacial score (nSPS) is 18.0. The van der Waals surface area contributed by atoms with Gasteiger partial charge >= 0.3 is 0 Å². The van der Waals surface area contributed by atoms with Gasteiger partial charge in [-0.1, -0.05) is 12.1 Å². The van der Waals surface area contributed by atoms with Crippen molar-refractivity contribution >= 4 is 12.6 Å². The van der Waals surface area contributed by atoms with Crippen LogP contribution in [0.2, 0.25) is 0 Å². The van der Waals surface area contributed by atoms with Gasteiger partial charge in [0, 0.05) is 25.1 Å². The molecule has 1 N–H and O–H groups in total. The van der Waals surface area contributed by atoms with Crippen molar-refractivity contribution in [3.05, 3.63) is 94.6 Å². The summed E-state index contributed by atoms with van der Waals surface area (Å²) in [6, 6.07) is 11.7. The molecule has 0 aromatic heterocycles. The van der Waals surface area contributed by atoms with Crippen LogP contribution in [-0.4, -0.2) is 19.2 Å². The van der Waals surface area contributed by atoms with Crippen LogP contribution in [0.15, 0.2) is 71.6 Å². The van der Waals surface area contributed by atoms with Gasteiger partial charge in [0.2, 0.25) is 6.41 Å². The number of nitrogens with zero attached hydrogens (tertiary/aromatic N) is 2. The molecule has 1 heterocycles. The molecule has 0 aliphatic carbocycles. The predicted molar refractivity (Wildman–Crippen MR) is 113 cm³/mol. The van der Waals surface area contributed by atoms with Crippen LogP contribution >= 0.6 is 0 Å². The number of carbonyl (C=O) groups excluding carboxylic acids is 1. The van der Waals surface area contributed by atoms with E-state index in [-0.39, 0.29) is 24.3 Å². The highest BCUT2D eigenvalue weighted by atomic mass is 19.3. The summed E-state index contributed by atoms with van der Waals surface area (Å²) in [5.41, 5.74) is -0.679. The number of hydrogen-bond donors (Lipinski definition) is 1. The molecular weight excluding hydrogens is 419 g/mol. The van der Waals surface area contributed by atoms with Crippen molar-refractivity contribution in [2.45, 2.75) is 24.8 Å². The molecule has 0 unspecified atom stereocenters.